The van der Waals surface area contributed by atoms with Gasteiger partial charge in [0.25, 0.3) is 0 Å². The molecule has 25 heavy (non-hydrogen) atoms. The van der Waals surface area contributed by atoms with Crippen LogP contribution in [0.25, 0.3) is 0 Å². The summed E-state index contributed by atoms with van der Waals surface area (Å²) in [6.45, 7) is 3.64. The number of sulfone groups is 1. The Bertz CT molecular complexity index is 655. The van der Waals surface area contributed by atoms with E-state index in [4.69, 9.17) is 0 Å². The molecule has 0 aliphatic rings. The van der Waals surface area contributed by atoms with Crippen LogP contribution in [0.1, 0.15) is 24.5 Å². The molecule has 0 saturated carbocycles. The highest BCUT2D eigenvalue weighted by molar-refractivity contribution is 14.0. The number of aliphatic imine (C=N–C) groups is 1. The van der Waals surface area contributed by atoms with Crippen LogP contribution in [0.5, 0.6) is 0 Å². The van der Waals surface area contributed by atoms with Gasteiger partial charge >= 0.3 is 0 Å². The number of thioether (sulfide) groups is 1. The monoisotopic (exact) mass is 503 g/mol. The highest BCUT2D eigenvalue weighted by Gasteiger charge is 2.05. The summed E-state index contributed by atoms with van der Waals surface area (Å²) in [5.74, 6) is 1.28. The number of hydrogen-bond donors (Lipinski definition) is 2. The van der Waals surface area contributed by atoms with Gasteiger partial charge in [-0.3, -0.25) is 0 Å². The summed E-state index contributed by atoms with van der Waals surface area (Å²) in [6.07, 6.45) is 3.73. The third kappa shape index (κ3) is 10.9. The highest BCUT2D eigenvalue weighted by atomic mass is 127. The minimum atomic E-state index is -2.94. The lowest BCUT2D eigenvalue weighted by Crippen LogP contribution is -2.38. The number of hydrogen-bond acceptors (Lipinski definition) is 4. The maximum atomic E-state index is 13.4. The molecule has 0 amide bonds. The molecule has 1 aromatic carbocycles. The van der Waals surface area contributed by atoms with Crippen LogP contribution in [0, 0.1) is 5.82 Å². The molecule has 0 aliphatic heterocycles. The Morgan fingerprint density at radius 2 is 2.00 bits per heavy atom. The molecule has 0 heterocycles. The van der Waals surface area contributed by atoms with Crippen LogP contribution in [0.15, 0.2) is 23.2 Å². The van der Waals surface area contributed by atoms with E-state index in [2.05, 4.69) is 15.6 Å². The van der Waals surface area contributed by atoms with Gasteiger partial charge in [0.2, 0.25) is 0 Å². The van der Waals surface area contributed by atoms with Gasteiger partial charge in [0, 0.05) is 25.1 Å². The fourth-order valence-corrected chi connectivity index (χ4v) is 3.33. The molecule has 5 nitrogen and oxygen atoms in total. The zero-order valence-corrected chi connectivity index (χ0v) is 18.8. The molecule has 9 heteroatoms. The van der Waals surface area contributed by atoms with E-state index in [0.29, 0.717) is 32.0 Å². The van der Waals surface area contributed by atoms with Crippen molar-refractivity contribution >= 4 is 51.5 Å². The molecule has 0 bridgehead atoms. The van der Waals surface area contributed by atoms with Gasteiger partial charge in [0.05, 0.1) is 12.3 Å². The van der Waals surface area contributed by atoms with Gasteiger partial charge in [-0.05, 0) is 42.9 Å². The molecule has 1 rings (SSSR count). The van der Waals surface area contributed by atoms with Crippen LogP contribution in [0.3, 0.4) is 0 Å². The van der Waals surface area contributed by atoms with Crippen molar-refractivity contribution in [1.29, 1.82) is 0 Å². The molecule has 0 atom stereocenters. The number of nitrogens with zero attached hydrogens (tertiary/aromatic N) is 1. The van der Waals surface area contributed by atoms with Crippen molar-refractivity contribution in [3.05, 3.63) is 35.1 Å². The number of rotatable bonds is 9. The van der Waals surface area contributed by atoms with Gasteiger partial charge in [-0.2, -0.15) is 11.8 Å². The summed E-state index contributed by atoms with van der Waals surface area (Å²) in [7, 11) is -2.94. The standard InChI is InChI=1S/C16H26FN3O2S2.HI/c1-4-18-16(19-8-5-9-24(3,21)22)20-11-13-6-7-15(17)10-14(13)12-23-2;/h6-7,10H,4-5,8-9,11-12H2,1-3H3,(H2,18,19,20);1H. The second kappa shape index (κ2) is 12.7. The first-order valence-electron chi connectivity index (χ1n) is 7.82. The molecular formula is C16H27FIN3O2S2. The Morgan fingerprint density at radius 3 is 2.60 bits per heavy atom. The van der Waals surface area contributed by atoms with Crippen molar-refractivity contribution in [3.8, 4) is 0 Å². The first kappa shape index (κ1) is 24.5. The molecule has 0 fully saturated rings. The van der Waals surface area contributed by atoms with E-state index in [9.17, 15) is 12.8 Å². The molecule has 0 aromatic heterocycles. The second-order valence-electron chi connectivity index (χ2n) is 5.45. The van der Waals surface area contributed by atoms with Crippen LogP contribution in [0.4, 0.5) is 4.39 Å². The normalized spacial score (nSPS) is 11.8. The van der Waals surface area contributed by atoms with E-state index in [-0.39, 0.29) is 35.5 Å². The number of guanidine groups is 1. The minimum Gasteiger partial charge on any atom is -0.357 e. The van der Waals surface area contributed by atoms with E-state index < -0.39 is 9.84 Å². The zero-order valence-electron chi connectivity index (χ0n) is 14.8. The summed E-state index contributed by atoms with van der Waals surface area (Å²) in [5, 5.41) is 6.25. The lowest BCUT2D eigenvalue weighted by molar-refractivity contribution is 0.598. The molecule has 144 valence electrons. The third-order valence-electron chi connectivity index (χ3n) is 3.20. The predicted octanol–water partition coefficient (Wildman–Crippen LogP) is 2.80. The quantitative estimate of drug-likeness (QED) is 0.235. The zero-order chi connectivity index (χ0) is 18.0. The molecule has 0 saturated heterocycles. The SMILES string of the molecule is CCNC(=NCc1ccc(F)cc1CSC)NCCCS(C)(=O)=O.I. The van der Waals surface area contributed by atoms with Crippen LogP contribution in [0.2, 0.25) is 0 Å². The molecule has 2 N–H and O–H groups in total. The minimum absolute atomic E-state index is 0. The van der Waals surface area contributed by atoms with Crippen LogP contribution in [-0.2, 0) is 22.1 Å². The highest BCUT2D eigenvalue weighted by Crippen LogP contribution is 2.17. The van der Waals surface area contributed by atoms with Crippen molar-refractivity contribution in [2.45, 2.75) is 25.6 Å². The third-order valence-corrected chi connectivity index (χ3v) is 4.83. The lowest BCUT2D eigenvalue weighted by Gasteiger charge is -2.12. The van der Waals surface area contributed by atoms with Gasteiger partial charge in [0.15, 0.2) is 5.96 Å². The second-order valence-corrected chi connectivity index (χ2v) is 8.58. The fourth-order valence-electron chi connectivity index (χ4n) is 2.09. The number of benzene rings is 1. The summed E-state index contributed by atoms with van der Waals surface area (Å²) >= 11 is 1.64. The van der Waals surface area contributed by atoms with Crippen LogP contribution < -0.4 is 10.6 Å². The van der Waals surface area contributed by atoms with Crippen LogP contribution >= 0.6 is 35.7 Å². The maximum absolute atomic E-state index is 13.4. The summed E-state index contributed by atoms with van der Waals surface area (Å²) < 4.78 is 35.6. The maximum Gasteiger partial charge on any atom is 0.191 e. The van der Waals surface area contributed by atoms with Gasteiger partial charge in [-0.1, -0.05) is 6.07 Å². The summed E-state index contributed by atoms with van der Waals surface area (Å²) in [6, 6.07) is 4.76. The molecule has 1 aromatic rings. The first-order valence-corrected chi connectivity index (χ1v) is 11.3. The summed E-state index contributed by atoms with van der Waals surface area (Å²) in [5.41, 5.74) is 1.93. The Hall–Kier alpha value is -0.550. The number of halogens is 2. The Morgan fingerprint density at radius 1 is 1.28 bits per heavy atom. The van der Waals surface area contributed by atoms with E-state index >= 15 is 0 Å². The van der Waals surface area contributed by atoms with Gasteiger partial charge in [0.1, 0.15) is 15.7 Å². The van der Waals surface area contributed by atoms with E-state index in [1.807, 2.05) is 13.2 Å². The Balaban J connectivity index is 0.00000576. The lowest BCUT2D eigenvalue weighted by atomic mass is 10.1. The topological polar surface area (TPSA) is 70.6 Å². The Labute approximate surface area is 171 Å². The first-order chi connectivity index (χ1) is 11.4. The molecule has 0 aliphatic carbocycles. The summed E-state index contributed by atoms with van der Waals surface area (Å²) in [4.78, 5) is 4.50. The van der Waals surface area contributed by atoms with Crippen molar-refractivity contribution in [2.75, 3.05) is 31.4 Å². The predicted molar refractivity (Wildman–Crippen MR) is 116 cm³/mol. The molecule has 0 unspecified atom stereocenters. The average Bonchev–Trinajstić information content (AvgIpc) is 2.50. The van der Waals surface area contributed by atoms with Crippen molar-refractivity contribution in [2.24, 2.45) is 4.99 Å². The van der Waals surface area contributed by atoms with Gasteiger partial charge in [-0.15, -0.1) is 24.0 Å². The van der Waals surface area contributed by atoms with Crippen molar-refractivity contribution in [3.63, 3.8) is 0 Å². The van der Waals surface area contributed by atoms with Crippen LogP contribution in [-0.4, -0.2) is 45.7 Å². The molecule has 0 radical (unpaired) electrons. The van der Waals surface area contributed by atoms with Gasteiger partial charge in [-0.25, -0.2) is 17.8 Å². The molecule has 0 spiro atoms. The van der Waals surface area contributed by atoms with Gasteiger partial charge < -0.3 is 10.6 Å². The smallest absolute Gasteiger partial charge is 0.191 e. The largest absolute Gasteiger partial charge is 0.357 e. The molecular weight excluding hydrogens is 476 g/mol. The van der Waals surface area contributed by atoms with Crippen molar-refractivity contribution < 1.29 is 12.8 Å². The van der Waals surface area contributed by atoms with E-state index in [0.717, 1.165) is 16.9 Å². The fraction of sp³-hybridized carbons (Fsp3) is 0.562. The number of nitrogens with one attached hydrogen (secondary N) is 2. The van der Waals surface area contributed by atoms with E-state index in [1.165, 1.54) is 12.3 Å². The van der Waals surface area contributed by atoms with Crippen molar-refractivity contribution in [1.82, 2.24) is 10.6 Å². The Kier molecular flexibility index (Phi) is 12.5. The van der Waals surface area contributed by atoms with E-state index in [1.54, 1.807) is 23.9 Å². The average molecular weight is 503 g/mol.